The lowest BCUT2D eigenvalue weighted by Crippen LogP contribution is -2.52. The van der Waals surface area contributed by atoms with Crippen LogP contribution in [-0.4, -0.2) is 53.8 Å². The highest BCUT2D eigenvalue weighted by molar-refractivity contribution is 5.86. The summed E-state index contributed by atoms with van der Waals surface area (Å²) in [5.41, 5.74) is 0.614. The van der Waals surface area contributed by atoms with E-state index >= 15 is 0 Å². The average molecular weight is 319 g/mol. The maximum Gasteiger partial charge on any atom is 0.239 e. The molecule has 1 N–H and O–H groups in total. The second-order valence-electron chi connectivity index (χ2n) is 6.27. The van der Waals surface area contributed by atoms with Gasteiger partial charge in [-0.25, -0.2) is 4.39 Å². The van der Waals surface area contributed by atoms with E-state index in [0.717, 1.165) is 12.8 Å². The van der Waals surface area contributed by atoms with Crippen molar-refractivity contribution in [1.82, 2.24) is 15.1 Å². The van der Waals surface area contributed by atoms with E-state index in [0.29, 0.717) is 24.7 Å². The molecule has 6 heteroatoms. The number of carbonyl (C=O) groups is 2. The number of rotatable bonds is 5. The summed E-state index contributed by atoms with van der Waals surface area (Å²) in [6, 6.07) is 6.88. The van der Waals surface area contributed by atoms with Crippen LogP contribution in [0.5, 0.6) is 0 Å². The second-order valence-corrected chi connectivity index (χ2v) is 6.27. The number of amides is 2. The summed E-state index contributed by atoms with van der Waals surface area (Å²) in [7, 11) is 0. The van der Waals surface area contributed by atoms with Gasteiger partial charge in [0, 0.05) is 30.7 Å². The van der Waals surface area contributed by atoms with Gasteiger partial charge < -0.3 is 10.2 Å². The largest absolute Gasteiger partial charge is 0.353 e. The van der Waals surface area contributed by atoms with Crippen LogP contribution >= 0.6 is 0 Å². The molecule has 3 rings (SSSR count). The van der Waals surface area contributed by atoms with Crippen LogP contribution in [0.4, 0.5) is 4.39 Å². The highest BCUT2D eigenvalue weighted by atomic mass is 19.1. The van der Waals surface area contributed by atoms with Crippen molar-refractivity contribution in [3.05, 3.63) is 35.6 Å². The molecule has 2 aliphatic rings. The molecule has 0 spiro atoms. The van der Waals surface area contributed by atoms with Crippen LogP contribution in [0.25, 0.3) is 0 Å². The second kappa shape index (κ2) is 6.66. The standard InChI is InChI=1S/C17H22FN3O2/c1-12(14-4-2-3-5-15(14)18)21(13-6-7-13)11-17(23)20-9-8-19-16(22)10-20/h2-5,12-13H,6-11H2,1H3,(H,19,22). The van der Waals surface area contributed by atoms with Crippen molar-refractivity contribution < 1.29 is 14.0 Å². The topological polar surface area (TPSA) is 52.7 Å². The fraction of sp³-hybridized carbons (Fsp3) is 0.529. The van der Waals surface area contributed by atoms with Crippen LogP contribution in [0.1, 0.15) is 31.4 Å². The Balaban J connectivity index is 1.71. The number of piperazine rings is 1. The Hall–Kier alpha value is -1.95. The molecule has 5 nitrogen and oxygen atoms in total. The zero-order valence-electron chi connectivity index (χ0n) is 13.3. The van der Waals surface area contributed by atoms with E-state index in [-0.39, 0.29) is 36.8 Å². The van der Waals surface area contributed by atoms with Crippen LogP contribution in [0.2, 0.25) is 0 Å². The maximum atomic E-state index is 14.1. The van der Waals surface area contributed by atoms with E-state index < -0.39 is 0 Å². The third-order valence-electron chi connectivity index (χ3n) is 4.58. The summed E-state index contributed by atoms with van der Waals surface area (Å²) in [4.78, 5) is 27.6. The Labute approximate surface area is 135 Å². The first-order valence-electron chi connectivity index (χ1n) is 8.11. The molecule has 1 saturated carbocycles. The molecular weight excluding hydrogens is 297 g/mol. The molecule has 0 bridgehead atoms. The molecule has 2 fully saturated rings. The molecule has 0 radical (unpaired) electrons. The summed E-state index contributed by atoms with van der Waals surface area (Å²) in [5, 5.41) is 2.72. The molecule has 1 aromatic carbocycles. The molecule has 1 heterocycles. The normalized spacial score (nSPS) is 19.6. The van der Waals surface area contributed by atoms with Gasteiger partial charge in [0.05, 0.1) is 13.1 Å². The van der Waals surface area contributed by atoms with Crippen molar-refractivity contribution in [2.24, 2.45) is 0 Å². The molecule has 1 aliphatic carbocycles. The third kappa shape index (κ3) is 3.69. The first-order chi connectivity index (χ1) is 11.1. The molecule has 1 unspecified atom stereocenters. The number of nitrogens with zero attached hydrogens (tertiary/aromatic N) is 2. The number of benzene rings is 1. The molecule has 124 valence electrons. The minimum atomic E-state index is -0.240. The van der Waals surface area contributed by atoms with Gasteiger partial charge in [0.15, 0.2) is 0 Å². The molecule has 1 saturated heterocycles. The third-order valence-corrected chi connectivity index (χ3v) is 4.58. The van der Waals surface area contributed by atoms with E-state index in [1.807, 2.05) is 13.0 Å². The van der Waals surface area contributed by atoms with Crippen molar-refractivity contribution >= 4 is 11.8 Å². The molecule has 0 aromatic heterocycles. The van der Waals surface area contributed by atoms with Crippen LogP contribution in [0.3, 0.4) is 0 Å². The Kier molecular flexibility index (Phi) is 4.61. The fourth-order valence-corrected chi connectivity index (χ4v) is 3.09. The Morgan fingerprint density at radius 2 is 2.17 bits per heavy atom. The lowest BCUT2D eigenvalue weighted by molar-refractivity contribution is -0.139. The summed E-state index contributed by atoms with van der Waals surface area (Å²) in [6.07, 6.45) is 2.07. The van der Waals surface area contributed by atoms with Crippen molar-refractivity contribution in [2.45, 2.75) is 31.8 Å². The molecule has 23 heavy (non-hydrogen) atoms. The van der Waals surface area contributed by atoms with E-state index in [2.05, 4.69) is 10.2 Å². The summed E-state index contributed by atoms with van der Waals surface area (Å²) < 4.78 is 14.1. The summed E-state index contributed by atoms with van der Waals surface area (Å²) in [5.74, 6) is -0.421. The van der Waals surface area contributed by atoms with E-state index in [4.69, 9.17) is 0 Å². The van der Waals surface area contributed by atoms with Crippen LogP contribution in [0.15, 0.2) is 24.3 Å². The van der Waals surface area contributed by atoms with Crippen molar-refractivity contribution in [3.63, 3.8) is 0 Å². The Morgan fingerprint density at radius 1 is 1.43 bits per heavy atom. The number of hydrogen-bond acceptors (Lipinski definition) is 3. The SMILES string of the molecule is CC(c1ccccc1F)N(CC(=O)N1CCNC(=O)C1)C1CC1. The summed E-state index contributed by atoms with van der Waals surface area (Å²) in [6.45, 7) is 3.32. The average Bonchev–Trinajstić information content (AvgIpc) is 3.37. The van der Waals surface area contributed by atoms with Gasteiger partial charge in [-0.1, -0.05) is 18.2 Å². The Bertz CT molecular complexity index is 603. The molecule has 1 aromatic rings. The number of carbonyl (C=O) groups excluding carboxylic acids is 2. The maximum absolute atomic E-state index is 14.1. The quantitative estimate of drug-likeness (QED) is 0.890. The first-order valence-corrected chi connectivity index (χ1v) is 8.11. The molecule has 1 atom stereocenters. The minimum Gasteiger partial charge on any atom is -0.353 e. The number of hydrogen-bond donors (Lipinski definition) is 1. The monoisotopic (exact) mass is 319 g/mol. The smallest absolute Gasteiger partial charge is 0.239 e. The van der Waals surface area contributed by atoms with Crippen molar-refractivity contribution in [2.75, 3.05) is 26.2 Å². The van der Waals surface area contributed by atoms with Gasteiger partial charge in [0.1, 0.15) is 5.82 Å². The summed E-state index contributed by atoms with van der Waals surface area (Å²) >= 11 is 0. The van der Waals surface area contributed by atoms with Crippen molar-refractivity contribution in [3.8, 4) is 0 Å². The lowest BCUT2D eigenvalue weighted by atomic mass is 10.1. The molecular formula is C17H22FN3O2. The number of halogens is 1. The first kappa shape index (κ1) is 15.9. The van der Waals surface area contributed by atoms with E-state index in [1.54, 1.807) is 17.0 Å². The number of nitrogens with one attached hydrogen (secondary N) is 1. The zero-order valence-corrected chi connectivity index (χ0v) is 13.3. The van der Waals surface area contributed by atoms with Gasteiger partial charge in [-0.2, -0.15) is 0 Å². The predicted octanol–water partition coefficient (Wildman–Crippen LogP) is 1.31. The van der Waals surface area contributed by atoms with Crippen LogP contribution in [0, 0.1) is 5.82 Å². The molecule has 1 aliphatic heterocycles. The van der Waals surface area contributed by atoms with Crippen LogP contribution < -0.4 is 5.32 Å². The zero-order chi connectivity index (χ0) is 16.4. The predicted molar refractivity (Wildman–Crippen MR) is 84.1 cm³/mol. The lowest BCUT2D eigenvalue weighted by Gasteiger charge is -2.33. The fourth-order valence-electron chi connectivity index (χ4n) is 3.09. The van der Waals surface area contributed by atoms with Gasteiger partial charge in [-0.3, -0.25) is 14.5 Å². The van der Waals surface area contributed by atoms with E-state index in [9.17, 15) is 14.0 Å². The van der Waals surface area contributed by atoms with Gasteiger partial charge >= 0.3 is 0 Å². The van der Waals surface area contributed by atoms with Gasteiger partial charge in [-0.15, -0.1) is 0 Å². The highest BCUT2D eigenvalue weighted by Crippen LogP contribution is 2.34. The highest BCUT2D eigenvalue weighted by Gasteiger charge is 2.36. The van der Waals surface area contributed by atoms with Crippen molar-refractivity contribution in [1.29, 1.82) is 0 Å². The van der Waals surface area contributed by atoms with Gasteiger partial charge in [0.25, 0.3) is 0 Å². The Morgan fingerprint density at radius 3 is 2.83 bits per heavy atom. The van der Waals surface area contributed by atoms with Crippen LogP contribution in [-0.2, 0) is 9.59 Å². The van der Waals surface area contributed by atoms with E-state index in [1.165, 1.54) is 6.07 Å². The minimum absolute atomic E-state index is 0.0602. The molecule has 2 amide bonds. The van der Waals surface area contributed by atoms with Gasteiger partial charge in [0.2, 0.25) is 11.8 Å². The van der Waals surface area contributed by atoms with Gasteiger partial charge in [-0.05, 0) is 25.8 Å².